The van der Waals surface area contributed by atoms with Gasteiger partial charge in [0.15, 0.2) is 0 Å². The Morgan fingerprint density at radius 2 is 1.11 bits per heavy atom. The van der Waals surface area contributed by atoms with Crippen molar-refractivity contribution in [2.24, 2.45) is 0 Å². The first kappa shape index (κ1) is 27.3. The van der Waals surface area contributed by atoms with Crippen LogP contribution in [0.5, 0.6) is 11.5 Å². The van der Waals surface area contributed by atoms with Gasteiger partial charge in [-0.3, -0.25) is 0 Å². The fraction of sp³-hybridized carbons (Fsp3) is 0.548. The van der Waals surface area contributed by atoms with Crippen LogP contribution in [0.25, 0.3) is 21.5 Å². The van der Waals surface area contributed by atoms with Crippen molar-refractivity contribution in [3.63, 3.8) is 0 Å². The van der Waals surface area contributed by atoms with Crippen molar-refractivity contribution in [1.82, 2.24) is 0 Å². The lowest BCUT2D eigenvalue weighted by atomic mass is 9.81. The molecule has 192 valence electrons. The minimum atomic E-state index is 0.0785. The maximum absolute atomic E-state index is 9.04. The third-order valence-corrected chi connectivity index (χ3v) is 7.19. The number of hydrogen-bond donors (Lipinski definition) is 2. The van der Waals surface area contributed by atoms with Crippen molar-refractivity contribution < 1.29 is 19.7 Å². The molecule has 0 aliphatic carbocycles. The van der Waals surface area contributed by atoms with Gasteiger partial charge in [-0.15, -0.1) is 0 Å². The molecule has 3 rings (SSSR count). The molecule has 0 saturated heterocycles. The lowest BCUT2D eigenvalue weighted by Gasteiger charge is -2.25. The van der Waals surface area contributed by atoms with Gasteiger partial charge in [-0.25, -0.2) is 0 Å². The van der Waals surface area contributed by atoms with Crippen molar-refractivity contribution in [2.75, 3.05) is 26.4 Å². The highest BCUT2D eigenvalue weighted by Crippen LogP contribution is 2.44. The number of aliphatic hydroxyl groups is 2. The summed E-state index contributed by atoms with van der Waals surface area (Å²) in [4.78, 5) is 0. The Balaban J connectivity index is 1.99. The molecule has 3 aromatic carbocycles. The Hall–Kier alpha value is -2.30. The van der Waals surface area contributed by atoms with E-state index in [2.05, 4.69) is 63.2 Å². The van der Waals surface area contributed by atoms with Gasteiger partial charge >= 0.3 is 0 Å². The van der Waals surface area contributed by atoms with E-state index in [9.17, 15) is 0 Å². The first-order valence-electron chi connectivity index (χ1n) is 13.5. The molecular weight excluding hydrogens is 436 g/mol. The minimum Gasteiger partial charge on any atom is -0.492 e. The van der Waals surface area contributed by atoms with Crippen LogP contribution < -0.4 is 9.47 Å². The van der Waals surface area contributed by atoms with Crippen LogP contribution in [0.1, 0.15) is 84.1 Å². The second-order valence-corrected chi connectivity index (χ2v) is 10.2. The van der Waals surface area contributed by atoms with Crippen LogP contribution in [-0.4, -0.2) is 36.6 Å². The lowest BCUT2D eigenvalue weighted by molar-refractivity contribution is 0.274. The maximum Gasteiger partial charge on any atom is 0.135 e. The van der Waals surface area contributed by atoms with E-state index in [1.807, 2.05) is 0 Å². The Labute approximate surface area is 211 Å². The van der Waals surface area contributed by atoms with Gasteiger partial charge in [-0.1, -0.05) is 70.0 Å². The monoisotopic (exact) mass is 480 g/mol. The second kappa shape index (κ2) is 13.7. The third kappa shape index (κ3) is 7.11. The number of benzene rings is 3. The summed E-state index contributed by atoms with van der Waals surface area (Å²) in [6, 6.07) is 15.2. The van der Waals surface area contributed by atoms with E-state index in [-0.39, 0.29) is 18.6 Å². The molecule has 0 atom stereocenters. The molecule has 0 bridgehead atoms. The SMILES string of the molecule is CCC(C)(C)c1ccc2c(OCCCCCCO)c3ccccc3c(OCCCCCCO)c2c1. The predicted octanol–water partition coefficient (Wildman–Crippen LogP) is 7.54. The van der Waals surface area contributed by atoms with E-state index in [0.29, 0.717) is 13.2 Å². The van der Waals surface area contributed by atoms with E-state index in [1.165, 1.54) is 5.56 Å². The maximum atomic E-state index is 9.04. The summed E-state index contributed by atoms with van der Waals surface area (Å²) < 4.78 is 12.9. The molecule has 4 nitrogen and oxygen atoms in total. The van der Waals surface area contributed by atoms with E-state index >= 15 is 0 Å². The summed E-state index contributed by atoms with van der Waals surface area (Å²) >= 11 is 0. The smallest absolute Gasteiger partial charge is 0.135 e. The van der Waals surface area contributed by atoms with Crippen LogP contribution in [0.2, 0.25) is 0 Å². The molecule has 0 spiro atoms. The Bertz CT molecular complexity index is 1060. The Kier molecular flexibility index (Phi) is 10.7. The van der Waals surface area contributed by atoms with Gasteiger partial charge in [-0.05, 0) is 62.0 Å². The fourth-order valence-electron chi connectivity index (χ4n) is 4.52. The number of fused-ring (bicyclic) bond motifs is 2. The van der Waals surface area contributed by atoms with Crippen molar-refractivity contribution in [3.8, 4) is 11.5 Å². The van der Waals surface area contributed by atoms with Gasteiger partial charge in [0.2, 0.25) is 0 Å². The fourth-order valence-corrected chi connectivity index (χ4v) is 4.52. The molecule has 0 fully saturated rings. The second-order valence-electron chi connectivity index (χ2n) is 10.2. The van der Waals surface area contributed by atoms with Gasteiger partial charge in [-0.2, -0.15) is 0 Å². The van der Waals surface area contributed by atoms with Crippen molar-refractivity contribution in [2.45, 2.75) is 84.0 Å². The summed E-state index contributed by atoms with van der Waals surface area (Å²) in [5, 5.41) is 22.5. The van der Waals surface area contributed by atoms with Crippen molar-refractivity contribution >= 4 is 21.5 Å². The van der Waals surface area contributed by atoms with Gasteiger partial charge in [0.25, 0.3) is 0 Å². The normalized spacial score (nSPS) is 11.9. The molecule has 2 N–H and O–H groups in total. The largest absolute Gasteiger partial charge is 0.492 e. The van der Waals surface area contributed by atoms with Crippen LogP contribution in [0.4, 0.5) is 0 Å². The molecule has 0 radical (unpaired) electrons. The molecule has 0 amide bonds. The molecule has 35 heavy (non-hydrogen) atoms. The summed E-state index contributed by atoms with van der Waals surface area (Å²) in [5.41, 5.74) is 1.39. The first-order valence-corrected chi connectivity index (χ1v) is 13.5. The van der Waals surface area contributed by atoms with E-state index in [1.54, 1.807) is 0 Å². The van der Waals surface area contributed by atoms with Gasteiger partial charge in [0, 0.05) is 34.8 Å². The lowest BCUT2D eigenvalue weighted by Crippen LogP contribution is -2.15. The van der Waals surface area contributed by atoms with E-state index in [0.717, 1.165) is 90.8 Å². The summed E-state index contributed by atoms with van der Waals surface area (Å²) in [6.45, 7) is 8.67. The summed E-state index contributed by atoms with van der Waals surface area (Å²) in [6.07, 6.45) is 8.89. The molecule has 4 heteroatoms. The molecule has 0 aliphatic heterocycles. The molecule has 0 heterocycles. The molecule has 0 saturated carbocycles. The van der Waals surface area contributed by atoms with Gasteiger partial charge in [0.05, 0.1) is 13.2 Å². The van der Waals surface area contributed by atoms with E-state index in [4.69, 9.17) is 19.7 Å². The van der Waals surface area contributed by atoms with Crippen LogP contribution in [0.15, 0.2) is 42.5 Å². The zero-order valence-corrected chi connectivity index (χ0v) is 21.9. The highest BCUT2D eigenvalue weighted by Gasteiger charge is 2.22. The summed E-state index contributed by atoms with van der Waals surface area (Å²) in [5.74, 6) is 1.88. The van der Waals surface area contributed by atoms with E-state index < -0.39 is 0 Å². The predicted molar refractivity (Wildman–Crippen MR) is 147 cm³/mol. The number of hydrogen-bond acceptors (Lipinski definition) is 4. The van der Waals surface area contributed by atoms with Crippen LogP contribution >= 0.6 is 0 Å². The summed E-state index contributed by atoms with van der Waals surface area (Å²) in [7, 11) is 0. The third-order valence-electron chi connectivity index (χ3n) is 7.19. The molecule has 3 aromatic rings. The number of rotatable bonds is 16. The van der Waals surface area contributed by atoms with Crippen LogP contribution in [0.3, 0.4) is 0 Å². The van der Waals surface area contributed by atoms with Crippen LogP contribution in [0, 0.1) is 0 Å². The standard InChI is InChI=1S/C31H44O4/c1-4-31(2,3)24-17-18-27-28(23-24)30(35-22-14-8-6-12-20-33)26-16-10-9-15-25(26)29(27)34-21-13-7-5-11-19-32/h9-10,15-18,23,32-33H,4-8,11-14,19-22H2,1-3H3. The van der Waals surface area contributed by atoms with Crippen molar-refractivity contribution in [3.05, 3.63) is 48.0 Å². The highest BCUT2D eigenvalue weighted by atomic mass is 16.5. The molecular formula is C31H44O4. The van der Waals surface area contributed by atoms with Crippen LogP contribution in [-0.2, 0) is 5.41 Å². The number of aliphatic hydroxyl groups excluding tert-OH is 2. The van der Waals surface area contributed by atoms with Gasteiger partial charge < -0.3 is 19.7 Å². The molecule has 0 aromatic heterocycles. The van der Waals surface area contributed by atoms with Crippen molar-refractivity contribution in [1.29, 1.82) is 0 Å². The zero-order chi connectivity index (χ0) is 25.1. The molecule has 0 unspecified atom stereocenters. The number of ether oxygens (including phenoxy) is 2. The van der Waals surface area contributed by atoms with Gasteiger partial charge in [0.1, 0.15) is 11.5 Å². The zero-order valence-electron chi connectivity index (χ0n) is 21.9. The average Bonchev–Trinajstić information content (AvgIpc) is 2.88. The average molecular weight is 481 g/mol. The quantitative estimate of drug-likeness (QED) is 0.164. The Morgan fingerprint density at radius 1 is 0.629 bits per heavy atom. The topological polar surface area (TPSA) is 58.9 Å². The minimum absolute atomic E-state index is 0.0785. The Morgan fingerprint density at radius 3 is 1.63 bits per heavy atom. The molecule has 0 aliphatic rings. The first-order chi connectivity index (χ1) is 17.0. The number of unbranched alkanes of at least 4 members (excludes halogenated alkanes) is 6. The highest BCUT2D eigenvalue weighted by molar-refractivity contribution is 6.11.